The second-order valence-electron chi connectivity index (χ2n) is 5.97. The van der Waals surface area contributed by atoms with Gasteiger partial charge in [-0.2, -0.15) is 0 Å². The van der Waals surface area contributed by atoms with Crippen molar-refractivity contribution in [2.45, 2.75) is 18.4 Å². The monoisotopic (exact) mass is 369 g/mol. The number of hydrogen-bond donors (Lipinski definition) is 1. The average molecular weight is 369 g/mol. The summed E-state index contributed by atoms with van der Waals surface area (Å²) >= 11 is 0. The Bertz CT molecular complexity index is 1070. The van der Waals surface area contributed by atoms with E-state index in [4.69, 9.17) is 4.74 Å². The number of benzene rings is 3. The van der Waals surface area contributed by atoms with Crippen molar-refractivity contribution in [3.63, 3.8) is 0 Å². The Balaban J connectivity index is 1.83. The molecule has 0 bridgehead atoms. The molecule has 0 saturated carbocycles. The zero-order chi connectivity index (χ0) is 18.7. The number of ether oxygens (including phenoxy) is 1. The highest BCUT2D eigenvalue weighted by Crippen LogP contribution is 2.18. The second kappa shape index (κ2) is 7.27. The van der Waals surface area contributed by atoms with Gasteiger partial charge in [-0.3, -0.25) is 0 Å². The van der Waals surface area contributed by atoms with E-state index in [0.717, 1.165) is 16.3 Å². The first-order valence-corrected chi connectivity index (χ1v) is 9.55. The summed E-state index contributed by atoms with van der Waals surface area (Å²) in [5.74, 6) is -0.561. The van der Waals surface area contributed by atoms with Crippen molar-refractivity contribution in [1.29, 1.82) is 0 Å². The lowest BCUT2D eigenvalue weighted by molar-refractivity contribution is 0.0599. The average Bonchev–Trinajstić information content (AvgIpc) is 2.66. The Labute approximate surface area is 152 Å². The smallest absolute Gasteiger partial charge is 0.338 e. The molecular weight excluding hydrogens is 350 g/mol. The molecule has 3 rings (SSSR count). The van der Waals surface area contributed by atoms with Crippen LogP contribution in [0, 0.1) is 6.92 Å². The number of carbonyl (C=O) groups excluding carboxylic acids is 1. The molecule has 0 aromatic heterocycles. The van der Waals surface area contributed by atoms with Gasteiger partial charge in [0.1, 0.15) is 0 Å². The summed E-state index contributed by atoms with van der Waals surface area (Å²) in [6, 6.07) is 18.1. The maximum Gasteiger partial charge on any atom is 0.338 e. The lowest BCUT2D eigenvalue weighted by atomic mass is 10.1. The fraction of sp³-hybridized carbons (Fsp3) is 0.150. The Hall–Kier alpha value is -2.70. The summed E-state index contributed by atoms with van der Waals surface area (Å²) in [5.41, 5.74) is 1.75. The van der Waals surface area contributed by atoms with E-state index in [9.17, 15) is 13.2 Å². The van der Waals surface area contributed by atoms with Crippen LogP contribution >= 0.6 is 0 Å². The van der Waals surface area contributed by atoms with E-state index in [1.165, 1.54) is 19.2 Å². The van der Waals surface area contributed by atoms with Gasteiger partial charge in [0.05, 0.1) is 17.6 Å². The van der Waals surface area contributed by atoms with Gasteiger partial charge >= 0.3 is 5.97 Å². The summed E-state index contributed by atoms with van der Waals surface area (Å²) in [6.45, 7) is 1.89. The van der Waals surface area contributed by atoms with Crippen LogP contribution in [0.5, 0.6) is 0 Å². The molecule has 0 aliphatic carbocycles. The van der Waals surface area contributed by atoms with E-state index < -0.39 is 16.0 Å². The molecule has 3 aromatic carbocycles. The van der Waals surface area contributed by atoms with Gasteiger partial charge in [0.2, 0.25) is 10.0 Å². The zero-order valence-electron chi connectivity index (χ0n) is 14.5. The third-order valence-corrected chi connectivity index (χ3v) is 5.60. The highest BCUT2D eigenvalue weighted by Gasteiger charge is 2.18. The van der Waals surface area contributed by atoms with Crippen LogP contribution in [-0.4, -0.2) is 21.5 Å². The van der Waals surface area contributed by atoms with Gasteiger partial charge < -0.3 is 4.74 Å². The minimum Gasteiger partial charge on any atom is -0.465 e. The van der Waals surface area contributed by atoms with Crippen LogP contribution in [0.25, 0.3) is 10.8 Å². The van der Waals surface area contributed by atoms with Crippen LogP contribution in [0.1, 0.15) is 21.5 Å². The lowest BCUT2D eigenvalue weighted by Crippen LogP contribution is -2.23. The molecule has 0 spiro atoms. The summed E-state index contributed by atoms with van der Waals surface area (Å²) in [4.78, 5) is 11.8. The highest BCUT2D eigenvalue weighted by molar-refractivity contribution is 7.89. The highest BCUT2D eigenvalue weighted by atomic mass is 32.2. The van der Waals surface area contributed by atoms with Gasteiger partial charge in [-0.05, 0) is 47.0 Å². The molecule has 0 amide bonds. The number of nitrogens with one attached hydrogen (secondary N) is 1. The lowest BCUT2D eigenvalue weighted by Gasteiger charge is -2.10. The Morgan fingerprint density at radius 2 is 1.73 bits per heavy atom. The van der Waals surface area contributed by atoms with Crippen molar-refractivity contribution in [2.75, 3.05) is 7.11 Å². The minimum absolute atomic E-state index is 0.0317. The molecule has 1 N–H and O–H groups in total. The number of rotatable bonds is 5. The van der Waals surface area contributed by atoms with Crippen LogP contribution in [0.15, 0.2) is 65.6 Å². The second-order valence-corrected chi connectivity index (χ2v) is 7.74. The number of aryl methyl sites for hydroxylation is 1. The first-order chi connectivity index (χ1) is 12.4. The third kappa shape index (κ3) is 3.76. The minimum atomic E-state index is -3.75. The van der Waals surface area contributed by atoms with Crippen molar-refractivity contribution < 1.29 is 17.9 Å². The molecule has 0 unspecified atom stereocenters. The van der Waals surface area contributed by atoms with Gasteiger partial charge in [0.25, 0.3) is 0 Å². The molecule has 5 nitrogen and oxygen atoms in total. The van der Waals surface area contributed by atoms with E-state index in [1.54, 1.807) is 13.0 Å². The molecule has 3 aromatic rings. The molecule has 0 heterocycles. The van der Waals surface area contributed by atoms with Crippen LogP contribution in [-0.2, 0) is 21.3 Å². The van der Waals surface area contributed by atoms with Gasteiger partial charge in [0.15, 0.2) is 0 Å². The number of sulfonamides is 1. The van der Waals surface area contributed by atoms with Crippen molar-refractivity contribution in [3.8, 4) is 0 Å². The number of carbonyl (C=O) groups is 1. The molecule has 0 radical (unpaired) electrons. The van der Waals surface area contributed by atoms with Crippen molar-refractivity contribution in [2.24, 2.45) is 0 Å². The number of methoxy groups -OCH3 is 1. The topological polar surface area (TPSA) is 72.5 Å². The molecule has 26 heavy (non-hydrogen) atoms. The molecule has 134 valence electrons. The summed E-state index contributed by atoms with van der Waals surface area (Å²) in [6.07, 6.45) is 0. The predicted molar refractivity (Wildman–Crippen MR) is 100 cm³/mol. The Morgan fingerprint density at radius 3 is 2.46 bits per heavy atom. The van der Waals surface area contributed by atoms with Gasteiger partial charge in [-0.15, -0.1) is 0 Å². The Kier molecular flexibility index (Phi) is 5.06. The fourth-order valence-corrected chi connectivity index (χ4v) is 3.75. The quantitative estimate of drug-likeness (QED) is 0.700. The summed E-state index contributed by atoms with van der Waals surface area (Å²) in [5, 5.41) is 2.15. The molecule has 0 fully saturated rings. The standard InChI is InChI=1S/C20H19NO4S/c1-14-7-10-18(12-19(14)20(22)25-2)26(23,24)21-13-15-8-9-16-5-3-4-6-17(16)11-15/h3-12,21H,13H2,1-2H3. The molecule has 6 heteroatoms. The number of fused-ring (bicyclic) bond motifs is 1. The fourth-order valence-electron chi connectivity index (χ4n) is 2.71. The van der Waals surface area contributed by atoms with Gasteiger partial charge in [-0.25, -0.2) is 17.9 Å². The van der Waals surface area contributed by atoms with E-state index in [-0.39, 0.29) is 17.0 Å². The maximum absolute atomic E-state index is 12.6. The van der Waals surface area contributed by atoms with Crippen molar-refractivity contribution in [1.82, 2.24) is 4.72 Å². The Morgan fingerprint density at radius 1 is 1.00 bits per heavy atom. The molecule has 0 aliphatic heterocycles. The van der Waals surface area contributed by atoms with Gasteiger partial charge in [-0.1, -0.05) is 42.5 Å². The number of esters is 1. The van der Waals surface area contributed by atoms with Crippen LogP contribution < -0.4 is 4.72 Å². The van der Waals surface area contributed by atoms with Crippen LogP contribution in [0.2, 0.25) is 0 Å². The predicted octanol–water partition coefficient (Wildman–Crippen LogP) is 3.41. The SMILES string of the molecule is COC(=O)c1cc(S(=O)(=O)NCc2ccc3ccccc3c2)ccc1C. The van der Waals surface area contributed by atoms with Gasteiger partial charge in [0, 0.05) is 6.54 Å². The van der Waals surface area contributed by atoms with Crippen molar-refractivity contribution in [3.05, 3.63) is 77.4 Å². The molecule has 0 atom stereocenters. The molecular formula is C20H19NO4S. The summed E-state index contributed by atoms with van der Waals surface area (Å²) < 4.78 is 32.4. The van der Waals surface area contributed by atoms with Crippen LogP contribution in [0.3, 0.4) is 0 Å². The van der Waals surface area contributed by atoms with Crippen LogP contribution in [0.4, 0.5) is 0 Å². The largest absolute Gasteiger partial charge is 0.465 e. The third-order valence-electron chi connectivity index (χ3n) is 4.20. The first-order valence-electron chi connectivity index (χ1n) is 8.07. The first kappa shape index (κ1) is 18.1. The normalized spacial score (nSPS) is 11.5. The zero-order valence-corrected chi connectivity index (χ0v) is 15.3. The van der Waals surface area contributed by atoms with Crippen molar-refractivity contribution >= 4 is 26.8 Å². The molecule has 0 aliphatic rings. The number of hydrogen-bond acceptors (Lipinski definition) is 4. The molecule has 0 saturated heterocycles. The van der Waals surface area contributed by atoms with E-state index in [0.29, 0.717) is 5.56 Å². The summed E-state index contributed by atoms with van der Waals surface area (Å²) in [7, 11) is -2.49. The van der Waals surface area contributed by atoms with E-state index in [1.807, 2.05) is 42.5 Å². The maximum atomic E-state index is 12.6. The van der Waals surface area contributed by atoms with E-state index >= 15 is 0 Å². The van der Waals surface area contributed by atoms with E-state index in [2.05, 4.69) is 4.72 Å².